The highest BCUT2D eigenvalue weighted by Gasteiger charge is 2.13. The zero-order chi connectivity index (χ0) is 11.3. The van der Waals surface area contributed by atoms with Gasteiger partial charge in [-0.3, -0.25) is 0 Å². The molecule has 15 heavy (non-hydrogen) atoms. The molecule has 2 nitrogen and oxygen atoms in total. The molecule has 0 heterocycles. The monoisotopic (exact) mass is 210 g/mol. The van der Waals surface area contributed by atoms with Crippen LogP contribution in [0.4, 0.5) is 4.39 Å². The minimum atomic E-state index is -0.468. The van der Waals surface area contributed by atoms with Crippen molar-refractivity contribution in [2.24, 2.45) is 5.92 Å². The van der Waals surface area contributed by atoms with Gasteiger partial charge in [-0.2, -0.15) is 0 Å². The Kier molecular flexibility index (Phi) is 4.43. The number of benzene rings is 1. The number of carbonyl (C=O) groups excluding carboxylic acids is 1. The van der Waals surface area contributed by atoms with Crippen LogP contribution in [0.25, 0.3) is 0 Å². The number of hydrogen-bond donors (Lipinski definition) is 0. The van der Waals surface area contributed by atoms with E-state index in [0.29, 0.717) is 5.56 Å². The van der Waals surface area contributed by atoms with Gasteiger partial charge in [0.05, 0.1) is 6.61 Å². The fourth-order valence-corrected chi connectivity index (χ4v) is 1.19. The lowest BCUT2D eigenvalue weighted by molar-refractivity contribution is -0.121. The summed E-state index contributed by atoms with van der Waals surface area (Å²) in [7, 11) is 0. The summed E-state index contributed by atoms with van der Waals surface area (Å²) < 4.78 is 18.5. The van der Waals surface area contributed by atoms with Crippen molar-refractivity contribution >= 4 is 6.29 Å². The maximum absolute atomic E-state index is 13.2. The topological polar surface area (TPSA) is 26.3 Å². The van der Waals surface area contributed by atoms with Crippen LogP contribution in [0.3, 0.4) is 0 Å². The molecule has 0 aromatic heterocycles. The summed E-state index contributed by atoms with van der Waals surface area (Å²) in [6.07, 6.45) is 0.288. The number of aldehydes is 1. The minimum Gasteiger partial charge on any atom is -0.366 e. The summed E-state index contributed by atoms with van der Waals surface area (Å²) in [6, 6.07) is 6.40. The molecule has 0 aliphatic carbocycles. The highest BCUT2D eigenvalue weighted by molar-refractivity contribution is 5.56. The molecule has 0 radical (unpaired) electrons. The fraction of sp³-hybridized carbons (Fsp3) is 0.417. The second-order valence-corrected chi connectivity index (χ2v) is 3.75. The molecular formula is C12H15FO2. The quantitative estimate of drug-likeness (QED) is 0.698. The molecule has 0 bridgehead atoms. The summed E-state index contributed by atoms with van der Waals surface area (Å²) >= 11 is 0. The van der Waals surface area contributed by atoms with Crippen molar-refractivity contribution in [3.63, 3.8) is 0 Å². The SMILES string of the molecule is CC(C)C(C=O)OCc1ccccc1F. The predicted molar refractivity (Wildman–Crippen MR) is 55.9 cm³/mol. The molecule has 0 saturated heterocycles. The first-order valence-corrected chi connectivity index (χ1v) is 4.95. The average molecular weight is 210 g/mol. The van der Waals surface area contributed by atoms with Crippen LogP contribution in [-0.4, -0.2) is 12.4 Å². The molecule has 0 aliphatic heterocycles. The molecule has 1 atom stereocenters. The number of ether oxygens (including phenoxy) is 1. The molecule has 0 spiro atoms. The van der Waals surface area contributed by atoms with Crippen LogP contribution in [0, 0.1) is 11.7 Å². The van der Waals surface area contributed by atoms with Crippen molar-refractivity contribution in [2.75, 3.05) is 0 Å². The highest BCUT2D eigenvalue weighted by Crippen LogP contribution is 2.11. The van der Waals surface area contributed by atoms with Gasteiger partial charge < -0.3 is 9.53 Å². The molecule has 0 fully saturated rings. The smallest absolute Gasteiger partial charge is 0.149 e. The van der Waals surface area contributed by atoms with E-state index in [4.69, 9.17) is 4.74 Å². The summed E-state index contributed by atoms with van der Waals surface area (Å²) in [6.45, 7) is 3.91. The van der Waals surface area contributed by atoms with Crippen molar-refractivity contribution in [3.05, 3.63) is 35.6 Å². The van der Waals surface area contributed by atoms with Crippen LogP contribution in [0.1, 0.15) is 19.4 Å². The molecule has 0 saturated carbocycles. The van der Waals surface area contributed by atoms with Gasteiger partial charge in [0.15, 0.2) is 0 Å². The first-order valence-electron chi connectivity index (χ1n) is 4.95. The third kappa shape index (κ3) is 3.44. The normalized spacial score (nSPS) is 12.8. The summed E-state index contributed by atoms with van der Waals surface area (Å²) in [5, 5.41) is 0. The Morgan fingerprint density at radius 1 is 1.40 bits per heavy atom. The standard InChI is InChI=1S/C12H15FO2/c1-9(2)12(7-14)15-8-10-5-3-4-6-11(10)13/h3-7,9,12H,8H2,1-2H3. The lowest BCUT2D eigenvalue weighted by Gasteiger charge is -2.15. The Balaban J connectivity index is 2.56. The molecule has 82 valence electrons. The fourth-order valence-electron chi connectivity index (χ4n) is 1.19. The van der Waals surface area contributed by atoms with E-state index >= 15 is 0 Å². The van der Waals surface area contributed by atoms with Gasteiger partial charge in [0, 0.05) is 5.56 Å². The third-order valence-corrected chi connectivity index (χ3v) is 2.18. The van der Waals surface area contributed by atoms with Crippen LogP contribution in [-0.2, 0) is 16.1 Å². The van der Waals surface area contributed by atoms with Gasteiger partial charge >= 0.3 is 0 Å². The number of halogens is 1. The third-order valence-electron chi connectivity index (χ3n) is 2.18. The van der Waals surface area contributed by atoms with Crippen LogP contribution >= 0.6 is 0 Å². The maximum Gasteiger partial charge on any atom is 0.149 e. The maximum atomic E-state index is 13.2. The van der Waals surface area contributed by atoms with Crippen LogP contribution in [0.2, 0.25) is 0 Å². The van der Waals surface area contributed by atoms with Gasteiger partial charge in [-0.05, 0) is 12.0 Å². The van der Waals surface area contributed by atoms with E-state index in [1.54, 1.807) is 18.2 Å². The first kappa shape index (κ1) is 11.9. The molecule has 0 N–H and O–H groups in total. The van der Waals surface area contributed by atoms with Gasteiger partial charge in [0.25, 0.3) is 0 Å². The summed E-state index contributed by atoms with van der Waals surface area (Å²) in [4.78, 5) is 10.6. The summed E-state index contributed by atoms with van der Waals surface area (Å²) in [5.74, 6) is -0.194. The average Bonchev–Trinajstić information content (AvgIpc) is 2.21. The Morgan fingerprint density at radius 2 is 2.07 bits per heavy atom. The molecular weight excluding hydrogens is 195 g/mol. The highest BCUT2D eigenvalue weighted by atomic mass is 19.1. The number of rotatable bonds is 5. The van der Waals surface area contributed by atoms with E-state index in [-0.39, 0.29) is 18.3 Å². The first-order chi connectivity index (χ1) is 7.15. The Labute approximate surface area is 89.1 Å². The van der Waals surface area contributed by atoms with E-state index < -0.39 is 6.10 Å². The Hall–Kier alpha value is -1.22. The van der Waals surface area contributed by atoms with E-state index in [2.05, 4.69) is 0 Å². The molecule has 1 unspecified atom stereocenters. The van der Waals surface area contributed by atoms with Crippen LogP contribution in [0.15, 0.2) is 24.3 Å². The van der Waals surface area contributed by atoms with E-state index in [1.165, 1.54) is 6.07 Å². The van der Waals surface area contributed by atoms with Gasteiger partial charge in [-0.25, -0.2) is 4.39 Å². The van der Waals surface area contributed by atoms with Gasteiger partial charge in [-0.1, -0.05) is 32.0 Å². The number of carbonyl (C=O) groups is 1. The zero-order valence-corrected chi connectivity index (χ0v) is 8.94. The van der Waals surface area contributed by atoms with Crippen LogP contribution in [0.5, 0.6) is 0 Å². The molecule has 1 aromatic carbocycles. The Bertz CT molecular complexity index is 323. The van der Waals surface area contributed by atoms with Crippen molar-refractivity contribution in [3.8, 4) is 0 Å². The molecule has 0 amide bonds. The zero-order valence-electron chi connectivity index (χ0n) is 8.94. The van der Waals surface area contributed by atoms with E-state index in [0.717, 1.165) is 6.29 Å². The lowest BCUT2D eigenvalue weighted by atomic mass is 10.1. The van der Waals surface area contributed by atoms with Crippen molar-refractivity contribution in [2.45, 2.75) is 26.6 Å². The van der Waals surface area contributed by atoms with E-state index in [9.17, 15) is 9.18 Å². The summed E-state index contributed by atoms with van der Waals surface area (Å²) in [5.41, 5.74) is 0.477. The molecule has 1 rings (SSSR count). The van der Waals surface area contributed by atoms with Crippen molar-refractivity contribution in [1.82, 2.24) is 0 Å². The van der Waals surface area contributed by atoms with Gasteiger partial charge in [0.1, 0.15) is 18.2 Å². The van der Waals surface area contributed by atoms with Crippen LogP contribution < -0.4 is 0 Å². The molecule has 3 heteroatoms. The number of hydrogen-bond acceptors (Lipinski definition) is 2. The van der Waals surface area contributed by atoms with Gasteiger partial charge in [0.2, 0.25) is 0 Å². The van der Waals surface area contributed by atoms with Gasteiger partial charge in [-0.15, -0.1) is 0 Å². The largest absolute Gasteiger partial charge is 0.366 e. The molecule has 1 aromatic rings. The van der Waals surface area contributed by atoms with Crippen molar-refractivity contribution in [1.29, 1.82) is 0 Å². The molecule has 0 aliphatic rings. The van der Waals surface area contributed by atoms with Crippen molar-refractivity contribution < 1.29 is 13.9 Å². The lowest BCUT2D eigenvalue weighted by Crippen LogP contribution is -2.21. The Morgan fingerprint density at radius 3 is 2.60 bits per heavy atom. The second kappa shape index (κ2) is 5.61. The minimum absolute atomic E-state index is 0.106. The second-order valence-electron chi connectivity index (χ2n) is 3.75. The van der Waals surface area contributed by atoms with E-state index in [1.807, 2.05) is 13.8 Å². The predicted octanol–water partition coefficient (Wildman–Crippen LogP) is 2.57.